The monoisotopic (exact) mass is 271 g/mol. The number of nitrogens with two attached hydrogens (primary N) is 1. The van der Waals surface area contributed by atoms with Crippen molar-refractivity contribution < 1.29 is 14.7 Å². The highest BCUT2D eigenvalue weighted by atomic mass is 16.4. The third-order valence-electron chi connectivity index (χ3n) is 3.64. The maximum absolute atomic E-state index is 11.9. The molecule has 0 radical (unpaired) electrons. The molecule has 1 amide bonds. The number of nitrogens with zero attached hydrogens (tertiary/aromatic N) is 1. The Hall–Kier alpha value is -1.14. The summed E-state index contributed by atoms with van der Waals surface area (Å²) in [5, 5.41) is 11.8. The molecule has 1 aliphatic rings. The number of rotatable bonds is 6. The second kappa shape index (κ2) is 6.86. The smallest absolute Gasteiger partial charge is 0.329 e. The molecule has 6 heteroatoms. The summed E-state index contributed by atoms with van der Waals surface area (Å²) in [6.45, 7) is 5.31. The maximum Gasteiger partial charge on any atom is 0.329 e. The lowest BCUT2D eigenvalue weighted by Gasteiger charge is -2.31. The van der Waals surface area contributed by atoms with E-state index < -0.39 is 11.5 Å². The van der Waals surface area contributed by atoms with Gasteiger partial charge < -0.3 is 16.2 Å². The molecule has 0 spiro atoms. The zero-order valence-corrected chi connectivity index (χ0v) is 11.8. The van der Waals surface area contributed by atoms with Crippen LogP contribution in [-0.4, -0.2) is 53.1 Å². The number of piperidine rings is 1. The predicted octanol–water partition coefficient (Wildman–Crippen LogP) is 0.169. The fraction of sp³-hybridized carbons (Fsp3) is 0.846. The second-order valence-electron chi connectivity index (χ2n) is 5.55. The molecule has 0 aliphatic carbocycles. The SMILES string of the molecule is CCCC(C)(NC(=O)CN1CCC(N)CC1)C(=O)O. The van der Waals surface area contributed by atoms with E-state index in [2.05, 4.69) is 5.32 Å². The molecule has 4 N–H and O–H groups in total. The van der Waals surface area contributed by atoms with E-state index in [0.29, 0.717) is 12.8 Å². The Bertz CT molecular complexity index is 327. The van der Waals surface area contributed by atoms with E-state index in [-0.39, 0.29) is 18.5 Å². The highest BCUT2D eigenvalue weighted by molar-refractivity contribution is 5.87. The number of likely N-dealkylation sites (tertiary alicyclic amines) is 1. The van der Waals surface area contributed by atoms with Gasteiger partial charge in [0.05, 0.1) is 6.54 Å². The van der Waals surface area contributed by atoms with Gasteiger partial charge in [0, 0.05) is 19.1 Å². The van der Waals surface area contributed by atoms with Gasteiger partial charge in [-0.1, -0.05) is 13.3 Å². The zero-order valence-electron chi connectivity index (χ0n) is 11.8. The van der Waals surface area contributed by atoms with E-state index >= 15 is 0 Å². The van der Waals surface area contributed by atoms with Crippen LogP contribution in [0.5, 0.6) is 0 Å². The van der Waals surface area contributed by atoms with Gasteiger partial charge in [-0.05, 0) is 26.2 Å². The van der Waals surface area contributed by atoms with Gasteiger partial charge in [0.2, 0.25) is 5.91 Å². The lowest BCUT2D eigenvalue weighted by Crippen LogP contribution is -2.55. The van der Waals surface area contributed by atoms with Crippen molar-refractivity contribution in [3.63, 3.8) is 0 Å². The predicted molar refractivity (Wildman–Crippen MR) is 72.7 cm³/mol. The fourth-order valence-corrected chi connectivity index (χ4v) is 2.38. The van der Waals surface area contributed by atoms with Crippen molar-refractivity contribution in [2.24, 2.45) is 5.73 Å². The summed E-state index contributed by atoms with van der Waals surface area (Å²) in [6, 6.07) is 0.226. The molecule has 0 aromatic heterocycles. The molecular weight excluding hydrogens is 246 g/mol. The van der Waals surface area contributed by atoms with Gasteiger partial charge in [-0.3, -0.25) is 9.69 Å². The molecule has 0 saturated carbocycles. The summed E-state index contributed by atoms with van der Waals surface area (Å²) < 4.78 is 0. The molecule has 1 fully saturated rings. The first-order valence-electron chi connectivity index (χ1n) is 6.89. The Labute approximate surface area is 114 Å². The van der Waals surface area contributed by atoms with Crippen LogP contribution in [0.2, 0.25) is 0 Å². The quantitative estimate of drug-likeness (QED) is 0.640. The molecule has 110 valence electrons. The van der Waals surface area contributed by atoms with E-state index in [4.69, 9.17) is 5.73 Å². The molecule has 1 rings (SSSR count). The molecule has 19 heavy (non-hydrogen) atoms. The number of hydrogen-bond acceptors (Lipinski definition) is 4. The summed E-state index contributed by atoms with van der Waals surface area (Å²) in [6.07, 6.45) is 2.91. The number of carbonyl (C=O) groups is 2. The average molecular weight is 271 g/mol. The minimum absolute atomic E-state index is 0.226. The van der Waals surface area contributed by atoms with Crippen LogP contribution in [0.15, 0.2) is 0 Å². The molecule has 0 aromatic rings. The Morgan fingerprint density at radius 1 is 1.42 bits per heavy atom. The standard InChI is InChI=1S/C13H25N3O3/c1-3-6-13(2,12(18)19)15-11(17)9-16-7-4-10(14)5-8-16/h10H,3-9,14H2,1-2H3,(H,15,17)(H,18,19). The summed E-state index contributed by atoms with van der Waals surface area (Å²) in [4.78, 5) is 25.2. The Morgan fingerprint density at radius 3 is 2.47 bits per heavy atom. The van der Waals surface area contributed by atoms with E-state index in [9.17, 15) is 14.7 Å². The minimum Gasteiger partial charge on any atom is -0.480 e. The molecule has 0 bridgehead atoms. The molecule has 1 heterocycles. The fourth-order valence-electron chi connectivity index (χ4n) is 2.38. The van der Waals surface area contributed by atoms with Crippen molar-refractivity contribution in [3.8, 4) is 0 Å². The number of amides is 1. The van der Waals surface area contributed by atoms with Crippen LogP contribution in [0, 0.1) is 0 Å². The van der Waals surface area contributed by atoms with Crippen LogP contribution in [0.1, 0.15) is 39.5 Å². The van der Waals surface area contributed by atoms with Crippen molar-refractivity contribution in [1.29, 1.82) is 0 Å². The van der Waals surface area contributed by atoms with E-state index in [1.807, 2.05) is 11.8 Å². The number of nitrogens with one attached hydrogen (secondary N) is 1. The molecule has 1 aliphatic heterocycles. The minimum atomic E-state index is -1.17. The van der Waals surface area contributed by atoms with Gasteiger partial charge >= 0.3 is 5.97 Å². The summed E-state index contributed by atoms with van der Waals surface area (Å²) in [5.41, 5.74) is 4.64. The first-order chi connectivity index (χ1) is 8.87. The van der Waals surface area contributed by atoms with Crippen molar-refractivity contribution in [2.45, 2.75) is 51.1 Å². The van der Waals surface area contributed by atoms with Gasteiger partial charge in [0.1, 0.15) is 5.54 Å². The van der Waals surface area contributed by atoms with Crippen molar-refractivity contribution >= 4 is 11.9 Å². The largest absolute Gasteiger partial charge is 0.480 e. The molecule has 1 unspecified atom stereocenters. The molecular formula is C13H25N3O3. The lowest BCUT2D eigenvalue weighted by molar-refractivity contribution is -0.147. The van der Waals surface area contributed by atoms with Crippen LogP contribution in [0.25, 0.3) is 0 Å². The number of hydrogen-bond donors (Lipinski definition) is 3. The normalized spacial score (nSPS) is 20.8. The van der Waals surface area contributed by atoms with E-state index in [0.717, 1.165) is 25.9 Å². The van der Waals surface area contributed by atoms with Gasteiger partial charge in [0.15, 0.2) is 0 Å². The van der Waals surface area contributed by atoms with Crippen molar-refractivity contribution in [1.82, 2.24) is 10.2 Å². The van der Waals surface area contributed by atoms with Gasteiger partial charge in [-0.15, -0.1) is 0 Å². The van der Waals surface area contributed by atoms with Crippen LogP contribution >= 0.6 is 0 Å². The number of carbonyl (C=O) groups excluding carboxylic acids is 1. The highest BCUT2D eigenvalue weighted by Crippen LogP contribution is 2.13. The third-order valence-corrected chi connectivity index (χ3v) is 3.64. The lowest BCUT2D eigenvalue weighted by atomic mass is 9.96. The number of carboxylic acids is 1. The number of aliphatic carboxylic acids is 1. The van der Waals surface area contributed by atoms with Gasteiger partial charge in [-0.2, -0.15) is 0 Å². The van der Waals surface area contributed by atoms with Gasteiger partial charge in [0.25, 0.3) is 0 Å². The average Bonchev–Trinajstić information content (AvgIpc) is 2.32. The van der Waals surface area contributed by atoms with Crippen LogP contribution in [0.4, 0.5) is 0 Å². The molecule has 6 nitrogen and oxygen atoms in total. The van der Waals surface area contributed by atoms with Gasteiger partial charge in [-0.25, -0.2) is 4.79 Å². The van der Waals surface area contributed by atoms with Crippen molar-refractivity contribution in [2.75, 3.05) is 19.6 Å². The van der Waals surface area contributed by atoms with Crippen molar-refractivity contribution in [3.05, 3.63) is 0 Å². The Kier molecular flexibility index (Phi) is 5.75. The van der Waals surface area contributed by atoms with Crippen LogP contribution in [-0.2, 0) is 9.59 Å². The first-order valence-corrected chi connectivity index (χ1v) is 6.89. The summed E-state index contributed by atoms with van der Waals surface area (Å²) in [5.74, 6) is -1.21. The molecule has 1 atom stereocenters. The van der Waals surface area contributed by atoms with E-state index in [1.165, 1.54) is 0 Å². The first kappa shape index (κ1) is 15.9. The highest BCUT2D eigenvalue weighted by Gasteiger charge is 2.34. The Balaban J connectivity index is 2.47. The third kappa shape index (κ3) is 4.80. The molecule has 1 saturated heterocycles. The topological polar surface area (TPSA) is 95.7 Å². The Morgan fingerprint density at radius 2 is 2.00 bits per heavy atom. The van der Waals surface area contributed by atoms with E-state index in [1.54, 1.807) is 6.92 Å². The van der Waals surface area contributed by atoms with Crippen LogP contribution in [0.3, 0.4) is 0 Å². The zero-order chi connectivity index (χ0) is 14.5. The maximum atomic E-state index is 11.9. The number of carboxylic acid groups (broad SMARTS) is 1. The second-order valence-corrected chi connectivity index (χ2v) is 5.55. The molecule has 0 aromatic carbocycles. The van der Waals surface area contributed by atoms with Crippen LogP contribution < -0.4 is 11.1 Å². The summed E-state index contributed by atoms with van der Waals surface area (Å²) >= 11 is 0. The summed E-state index contributed by atoms with van der Waals surface area (Å²) in [7, 11) is 0.